The summed E-state index contributed by atoms with van der Waals surface area (Å²) in [6, 6.07) is 4.29. The van der Waals surface area contributed by atoms with Crippen LogP contribution in [0, 0.1) is 5.82 Å². The second-order valence-electron chi connectivity index (χ2n) is 8.48. The average Bonchev–Trinajstić information content (AvgIpc) is 3.01. The van der Waals surface area contributed by atoms with Gasteiger partial charge in [0.15, 0.2) is 0 Å². The van der Waals surface area contributed by atoms with E-state index in [1.165, 1.54) is 18.2 Å². The fourth-order valence-electron chi connectivity index (χ4n) is 3.19. The largest absolute Gasteiger partial charge is 0.435 e. The first-order chi connectivity index (χ1) is 14.3. The molecule has 0 radical (unpaired) electrons. The lowest BCUT2D eigenvalue weighted by Gasteiger charge is -2.21. The number of carbonyl (C=O) groups excluding carboxylic acids is 1. The molecule has 4 nitrogen and oxygen atoms in total. The maximum Gasteiger partial charge on any atom is 0.387 e. The van der Waals surface area contributed by atoms with E-state index in [1.54, 1.807) is 13.8 Å². The smallest absolute Gasteiger partial charge is 0.387 e. The molecule has 1 aromatic carbocycles. The van der Waals surface area contributed by atoms with Crippen LogP contribution < -0.4 is 4.74 Å². The summed E-state index contributed by atoms with van der Waals surface area (Å²) in [5, 5.41) is 10.0. The van der Waals surface area contributed by atoms with Gasteiger partial charge in [0.2, 0.25) is 5.91 Å². The number of nitrogens with zero attached hydrogens (tertiary/aromatic N) is 1. The molecule has 0 aliphatic carbocycles. The highest BCUT2D eigenvalue weighted by atomic mass is 32.1. The molecule has 1 aromatic heterocycles. The van der Waals surface area contributed by atoms with Crippen LogP contribution in [0.5, 0.6) is 5.75 Å². The number of hydrogen-bond acceptors (Lipinski definition) is 4. The summed E-state index contributed by atoms with van der Waals surface area (Å²) in [5.74, 6) is -1.05. The van der Waals surface area contributed by atoms with Gasteiger partial charge in [-0.15, -0.1) is 11.3 Å². The highest BCUT2D eigenvalue weighted by Crippen LogP contribution is 2.34. The number of rotatable bonds is 8. The molecule has 2 aromatic rings. The van der Waals surface area contributed by atoms with Crippen molar-refractivity contribution >= 4 is 23.5 Å². The monoisotopic (exact) mass is 455 g/mol. The fourth-order valence-corrected chi connectivity index (χ4v) is 4.11. The molecule has 0 unspecified atom stereocenters. The van der Waals surface area contributed by atoms with Crippen molar-refractivity contribution in [3.05, 3.63) is 50.5 Å². The first-order valence-corrected chi connectivity index (χ1v) is 10.8. The highest BCUT2D eigenvalue weighted by Gasteiger charge is 2.22. The molecule has 0 aliphatic rings. The lowest BCUT2D eigenvalue weighted by Crippen LogP contribution is -2.12. The molecule has 0 saturated heterocycles. The Bertz CT molecular complexity index is 930. The number of benzene rings is 1. The van der Waals surface area contributed by atoms with Crippen LogP contribution in [0.1, 0.15) is 79.8 Å². The van der Waals surface area contributed by atoms with E-state index in [0.29, 0.717) is 4.88 Å². The Morgan fingerprint density at radius 1 is 1.16 bits per heavy atom. The Morgan fingerprint density at radius 2 is 1.71 bits per heavy atom. The van der Waals surface area contributed by atoms with Crippen LogP contribution in [0.4, 0.5) is 13.2 Å². The van der Waals surface area contributed by atoms with Gasteiger partial charge in [0.1, 0.15) is 11.6 Å². The zero-order chi connectivity index (χ0) is 23.5. The number of hydrogen-bond donors (Lipinski definition) is 1. The standard InChI is InChI=1S/C23H28F3NO3S/c1-12(2)15-7-14(30-22(25)26)8-16(13(3)4)17(15)9-21(28)27-11-19-18(24)10-20(31-19)23(5,6)29/h7-8,10-13,22,29H,9H2,1-6H3. The minimum Gasteiger partial charge on any atom is -0.435 e. The van der Waals surface area contributed by atoms with Crippen LogP contribution in [0.3, 0.4) is 0 Å². The summed E-state index contributed by atoms with van der Waals surface area (Å²) in [7, 11) is 0. The maximum absolute atomic E-state index is 14.1. The van der Waals surface area contributed by atoms with Gasteiger partial charge in [-0.3, -0.25) is 4.79 Å². The topological polar surface area (TPSA) is 58.9 Å². The van der Waals surface area contributed by atoms with Gasteiger partial charge in [-0.25, -0.2) is 9.38 Å². The van der Waals surface area contributed by atoms with Gasteiger partial charge in [0.05, 0.1) is 23.1 Å². The summed E-state index contributed by atoms with van der Waals surface area (Å²) < 4.78 is 44.2. The number of aliphatic imine (C=N–C) groups is 1. The Hall–Kier alpha value is -2.19. The molecule has 0 atom stereocenters. The summed E-state index contributed by atoms with van der Waals surface area (Å²) in [5.41, 5.74) is 0.994. The zero-order valence-electron chi connectivity index (χ0n) is 18.5. The van der Waals surface area contributed by atoms with E-state index in [0.717, 1.165) is 34.2 Å². The molecule has 1 N–H and O–H groups in total. The van der Waals surface area contributed by atoms with Gasteiger partial charge < -0.3 is 9.84 Å². The van der Waals surface area contributed by atoms with Gasteiger partial charge in [-0.05, 0) is 60.6 Å². The van der Waals surface area contributed by atoms with Crippen molar-refractivity contribution < 1.29 is 27.8 Å². The molecule has 1 amide bonds. The Balaban J connectivity index is 2.35. The van der Waals surface area contributed by atoms with Crippen molar-refractivity contribution in [2.75, 3.05) is 0 Å². The summed E-state index contributed by atoms with van der Waals surface area (Å²) in [6.07, 6.45) is 1.12. The molecule has 170 valence electrons. The highest BCUT2D eigenvalue weighted by molar-refractivity contribution is 7.13. The third-order valence-electron chi connectivity index (χ3n) is 4.73. The third kappa shape index (κ3) is 6.64. The molecule has 31 heavy (non-hydrogen) atoms. The van der Waals surface area contributed by atoms with Gasteiger partial charge in [0.25, 0.3) is 0 Å². The fraction of sp³-hybridized carbons (Fsp3) is 0.478. The zero-order valence-corrected chi connectivity index (χ0v) is 19.3. The molecule has 2 rings (SSSR count). The first-order valence-electron chi connectivity index (χ1n) is 10.00. The van der Waals surface area contributed by atoms with Crippen molar-refractivity contribution in [2.24, 2.45) is 4.99 Å². The second kappa shape index (κ2) is 9.96. The van der Waals surface area contributed by atoms with Crippen LogP contribution in [0.25, 0.3) is 0 Å². The minimum absolute atomic E-state index is 0.0328. The van der Waals surface area contributed by atoms with E-state index in [4.69, 9.17) is 0 Å². The molecule has 0 spiro atoms. The van der Waals surface area contributed by atoms with Gasteiger partial charge in [-0.1, -0.05) is 27.7 Å². The minimum atomic E-state index is -2.94. The number of aliphatic hydroxyl groups is 1. The van der Waals surface area contributed by atoms with Crippen LogP contribution in [0.15, 0.2) is 23.2 Å². The van der Waals surface area contributed by atoms with E-state index in [2.05, 4.69) is 9.73 Å². The summed E-state index contributed by atoms with van der Waals surface area (Å²) >= 11 is 1.02. The molecule has 0 fully saturated rings. The molecule has 1 heterocycles. The predicted molar refractivity (Wildman–Crippen MR) is 117 cm³/mol. The Labute approximate surface area is 184 Å². The summed E-state index contributed by atoms with van der Waals surface area (Å²) in [4.78, 5) is 17.1. The normalized spacial score (nSPS) is 12.5. The van der Waals surface area contributed by atoms with Crippen molar-refractivity contribution in [3.63, 3.8) is 0 Å². The van der Waals surface area contributed by atoms with E-state index < -0.39 is 23.9 Å². The van der Waals surface area contributed by atoms with E-state index in [9.17, 15) is 23.1 Å². The van der Waals surface area contributed by atoms with Crippen molar-refractivity contribution in [1.29, 1.82) is 0 Å². The number of ether oxygens (including phenoxy) is 1. The lowest BCUT2D eigenvalue weighted by molar-refractivity contribution is -0.117. The number of carbonyl (C=O) groups is 1. The van der Waals surface area contributed by atoms with Crippen LogP contribution >= 0.6 is 11.3 Å². The third-order valence-corrected chi connectivity index (χ3v) is 6.09. The molecular formula is C23H28F3NO3S. The van der Waals surface area contributed by atoms with E-state index >= 15 is 0 Å². The van der Waals surface area contributed by atoms with Crippen LogP contribution in [0.2, 0.25) is 0 Å². The number of halogens is 3. The summed E-state index contributed by atoms with van der Waals surface area (Å²) in [6.45, 7) is 7.78. The maximum atomic E-state index is 14.1. The molecule has 0 aliphatic heterocycles. The molecular weight excluding hydrogens is 427 g/mol. The van der Waals surface area contributed by atoms with E-state index in [1.807, 2.05) is 27.7 Å². The van der Waals surface area contributed by atoms with Crippen molar-refractivity contribution in [2.45, 2.75) is 72.0 Å². The SMILES string of the molecule is CC(C)c1cc(OC(F)F)cc(C(C)C)c1CC(=O)N=Cc1sc(C(C)(C)O)cc1F. The van der Waals surface area contributed by atoms with Crippen LogP contribution in [-0.2, 0) is 16.8 Å². The molecule has 0 saturated carbocycles. The first kappa shape index (κ1) is 25.1. The quantitative estimate of drug-likeness (QED) is 0.486. The average molecular weight is 456 g/mol. The molecule has 8 heteroatoms. The van der Waals surface area contributed by atoms with Crippen molar-refractivity contribution in [3.8, 4) is 5.75 Å². The Kier molecular flexibility index (Phi) is 8.05. The number of amides is 1. The van der Waals surface area contributed by atoms with Gasteiger partial charge in [0, 0.05) is 4.88 Å². The second-order valence-corrected chi connectivity index (χ2v) is 9.56. The van der Waals surface area contributed by atoms with Gasteiger partial charge >= 0.3 is 6.61 Å². The predicted octanol–water partition coefficient (Wildman–Crippen LogP) is 6.15. The van der Waals surface area contributed by atoms with E-state index in [-0.39, 0.29) is 28.9 Å². The van der Waals surface area contributed by atoms with Crippen LogP contribution in [-0.4, -0.2) is 23.8 Å². The molecule has 0 bridgehead atoms. The number of thiophene rings is 1. The van der Waals surface area contributed by atoms with Gasteiger partial charge in [-0.2, -0.15) is 8.78 Å². The lowest BCUT2D eigenvalue weighted by atomic mass is 9.86. The number of alkyl halides is 2. The van der Waals surface area contributed by atoms with Crippen molar-refractivity contribution in [1.82, 2.24) is 0 Å². The Morgan fingerprint density at radius 3 is 2.13 bits per heavy atom.